The summed E-state index contributed by atoms with van der Waals surface area (Å²) in [5.41, 5.74) is 5.30. The number of hydrogen-bond donors (Lipinski definition) is 1. The van der Waals surface area contributed by atoms with Crippen molar-refractivity contribution in [2.45, 2.75) is 40.7 Å². The Bertz CT molecular complexity index is 554. The third kappa shape index (κ3) is 2.75. The van der Waals surface area contributed by atoms with Crippen molar-refractivity contribution < 1.29 is 0 Å². The van der Waals surface area contributed by atoms with E-state index in [1.54, 1.807) is 0 Å². The van der Waals surface area contributed by atoms with Crippen LogP contribution in [0.5, 0.6) is 0 Å². The van der Waals surface area contributed by atoms with Crippen LogP contribution in [0.25, 0.3) is 0 Å². The second-order valence-electron chi connectivity index (χ2n) is 5.03. The van der Waals surface area contributed by atoms with Crippen LogP contribution >= 0.6 is 11.3 Å². The summed E-state index contributed by atoms with van der Waals surface area (Å²) < 4.78 is 0. The first-order valence-corrected chi connectivity index (χ1v) is 7.19. The van der Waals surface area contributed by atoms with Crippen molar-refractivity contribution in [3.05, 3.63) is 50.7 Å². The SMILES string of the molecule is Cc1cc(C(C)Nc2ccc(C)c(C)c2)c(C)s1. The lowest BCUT2D eigenvalue weighted by molar-refractivity contribution is 0.881. The first kappa shape index (κ1) is 13.2. The Morgan fingerprint density at radius 1 is 1.00 bits per heavy atom. The van der Waals surface area contributed by atoms with Crippen molar-refractivity contribution in [1.82, 2.24) is 0 Å². The summed E-state index contributed by atoms with van der Waals surface area (Å²) in [5, 5.41) is 3.59. The molecule has 0 aliphatic heterocycles. The standard InChI is InChI=1S/C16H21NS/c1-10-6-7-15(8-11(10)2)17-13(4)16-9-12(3)18-14(16)5/h6-9,13,17H,1-5H3. The van der Waals surface area contributed by atoms with Crippen molar-refractivity contribution in [3.63, 3.8) is 0 Å². The van der Waals surface area contributed by atoms with E-state index in [4.69, 9.17) is 0 Å². The first-order valence-electron chi connectivity index (χ1n) is 6.38. The van der Waals surface area contributed by atoms with E-state index in [2.05, 4.69) is 64.2 Å². The van der Waals surface area contributed by atoms with Crippen LogP contribution < -0.4 is 5.32 Å². The molecule has 0 aliphatic carbocycles. The molecule has 2 rings (SSSR count). The van der Waals surface area contributed by atoms with E-state index in [1.807, 2.05) is 11.3 Å². The maximum absolute atomic E-state index is 3.59. The lowest BCUT2D eigenvalue weighted by Crippen LogP contribution is -2.06. The highest BCUT2D eigenvalue weighted by Gasteiger charge is 2.11. The summed E-state index contributed by atoms with van der Waals surface area (Å²) in [4.78, 5) is 2.80. The summed E-state index contributed by atoms with van der Waals surface area (Å²) in [6.07, 6.45) is 0. The number of nitrogens with one attached hydrogen (secondary N) is 1. The molecule has 2 heteroatoms. The van der Waals surface area contributed by atoms with Gasteiger partial charge in [-0.05, 0) is 69.5 Å². The highest BCUT2D eigenvalue weighted by atomic mass is 32.1. The van der Waals surface area contributed by atoms with Crippen molar-refractivity contribution in [3.8, 4) is 0 Å². The molecule has 0 amide bonds. The predicted octanol–water partition coefficient (Wildman–Crippen LogP) is 5.15. The van der Waals surface area contributed by atoms with Crippen molar-refractivity contribution in [2.24, 2.45) is 0 Å². The van der Waals surface area contributed by atoms with Gasteiger partial charge in [0.25, 0.3) is 0 Å². The minimum atomic E-state index is 0.358. The maximum atomic E-state index is 3.59. The highest BCUT2D eigenvalue weighted by molar-refractivity contribution is 7.12. The summed E-state index contributed by atoms with van der Waals surface area (Å²) in [6, 6.07) is 9.21. The summed E-state index contributed by atoms with van der Waals surface area (Å²) in [5.74, 6) is 0. The fraction of sp³-hybridized carbons (Fsp3) is 0.375. The van der Waals surface area contributed by atoms with Gasteiger partial charge in [0, 0.05) is 21.5 Å². The van der Waals surface area contributed by atoms with Crippen LogP contribution in [-0.2, 0) is 0 Å². The zero-order chi connectivity index (χ0) is 13.3. The smallest absolute Gasteiger partial charge is 0.0496 e. The molecule has 0 saturated carbocycles. The number of rotatable bonds is 3. The molecule has 1 nitrogen and oxygen atoms in total. The molecule has 1 unspecified atom stereocenters. The Morgan fingerprint density at radius 3 is 2.28 bits per heavy atom. The Balaban J connectivity index is 2.18. The molecule has 1 N–H and O–H groups in total. The minimum Gasteiger partial charge on any atom is -0.378 e. The number of thiophene rings is 1. The zero-order valence-electron chi connectivity index (χ0n) is 11.8. The molecule has 0 saturated heterocycles. The topological polar surface area (TPSA) is 12.0 Å². The molecule has 1 atom stereocenters. The van der Waals surface area contributed by atoms with Crippen molar-refractivity contribution in [2.75, 3.05) is 5.32 Å². The number of anilines is 1. The maximum Gasteiger partial charge on any atom is 0.0496 e. The zero-order valence-corrected chi connectivity index (χ0v) is 12.6. The number of benzene rings is 1. The van der Waals surface area contributed by atoms with Gasteiger partial charge in [0.05, 0.1) is 0 Å². The molecule has 1 aromatic carbocycles. The van der Waals surface area contributed by atoms with Gasteiger partial charge in [-0.1, -0.05) is 6.07 Å². The van der Waals surface area contributed by atoms with Crippen LogP contribution in [0.1, 0.15) is 39.4 Å². The lowest BCUT2D eigenvalue weighted by atomic mass is 10.1. The molecule has 0 aliphatic rings. The average molecular weight is 259 g/mol. The molecule has 18 heavy (non-hydrogen) atoms. The predicted molar refractivity (Wildman–Crippen MR) is 81.7 cm³/mol. The second kappa shape index (κ2) is 5.15. The van der Waals surface area contributed by atoms with Gasteiger partial charge < -0.3 is 5.32 Å². The molecular weight excluding hydrogens is 238 g/mol. The van der Waals surface area contributed by atoms with E-state index < -0.39 is 0 Å². The quantitative estimate of drug-likeness (QED) is 0.803. The monoisotopic (exact) mass is 259 g/mol. The molecule has 0 bridgehead atoms. The highest BCUT2D eigenvalue weighted by Crippen LogP contribution is 2.29. The third-order valence-corrected chi connectivity index (χ3v) is 4.42. The third-order valence-electron chi connectivity index (χ3n) is 3.44. The minimum absolute atomic E-state index is 0.358. The summed E-state index contributed by atoms with van der Waals surface area (Å²) in [6.45, 7) is 10.9. The first-order chi connectivity index (χ1) is 8.47. The van der Waals surface area contributed by atoms with Crippen LogP contribution in [0.3, 0.4) is 0 Å². The Kier molecular flexibility index (Phi) is 3.76. The van der Waals surface area contributed by atoms with Gasteiger partial charge in [0.2, 0.25) is 0 Å². The summed E-state index contributed by atoms with van der Waals surface area (Å²) >= 11 is 1.87. The fourth-order valence-electron chi connectivity index (χ4n) is 2.24. The average Bonchev–Trinajstić information content (AvgIpc) is 2.63. The van der Waals surface area contributed by atoms with Gasteiger partial charge in [-0.25, -0.2) is 0 Å². The van der Waals surface area contributed by atoms with Crippen LogP contribution in [0.2, 0.25) is 0 Å². The van der Waals surface area contributed by atoms with E-state index in [1.165, 1.54) is 32.1 Å². The molecule has 0 radical (unpaired) electrons. The van der Waals surface area contributed by atoms with E-state index in [9.17, 15) is 0 Å². The van der Waals surface area contributed by atoms with Crippen molar-refractivity contribution in [1.29, 1.82) is 0 Å². The Labute approximate surface area is 114 Å². The Morgan fingerprint density at radius 2 is 1.72 bits per heavy atom. The fourth-order valence-corrected chi connectivity index (χ4v) is 3.26. The molecule has 1 aromatic heterocycles. The molecule has 2 aromatic rings. The van der Waals surface area contributed by atoms with Gasteiger partial charge in [0.1, 0.15) is 0 Å². The molecule has 1 heterocycles. The summed E-state index contributed by atoms with van der Waals surface area (Å²) in [7, 11) is 0. The van der Waals surface area contributed by atoms with Crippen LogP contribution in [-0.4, -0.2) is 0 Å². The molecule has 0 fully saturated rings. The van der Waals surface area contributed by atoms with Crippen LogP contribution in [0.4, 0.5) is 5.69 Å². The lowest BCUT2D eigenvalue weighted by Gasteiger charge is -2.16. The second-order valence-corrected chi connectivity index (χ2v) is 6.49. The van der Waals surface area contributed by atoms with Gasteiger partial charge >= 0.3 is 0 Å². The van der Waals surface area contributed by atoms with E-state index >= 15 is 0 Å². The normalized spacial score (nSPS) is 12.5. The van der Waals surface area contributed by atoms with E-state index in [0.717, 1.165) is 0 Å². The van der Waals surface area contributed by atoms with Crippen molar-refractivity contribution >= 4 is 17.0 Å². The Hall–Kier alpha value is -1.28. The van der Waals surface area contributed by atoms with Crippen LogP contribution in [0, 0.1) is 27.7 Å². The van der Waals surface area contributed by atoms with E-state index in [0.29, 0.717) is 6.04 Å². The van der Waals surface area contributed by atoms with Gasteiger partial charge in [-0.3, -0.25) is 0 Å². The number of aryl methyl sites for hydroxylation is 4. The molecule has 96 valence electrons. The van der Waals surface area contributed by atoms with Gasteiger partial charge in [-0.15, -0.1) is 11.3 Å². The number of hydrogen-bond acceptors (Lipinski definition) is 2. The molecular formula is C16H21NS. The van der Waals surface area contributed by atoms with E-state index in [-0.39, 0.29) is 0 Å². The van der Waals surface area contributed by atoms with Gasteiger partial charge in [-0.2, -0.15) is 0 Å². The van der Waals surface area contributed by atoms with Crippen LogP contribution in [0.15, 0.2) is 24.3 Å². The molecule has 0 spiro atoms. The largest absolute Gasteiger partial charge is 0.378 e. The van der Waals surface area contributed by atoms with Gasteiger partial charge in [0.15, 0.2) is 0 Å².